The van der Waals surface area contributed by atoms with Gasteiger partial charge in [-0.05, 0) is 33.6 Å². The quantitative estimate of drug-likeness (QED) is 0.730. The Morgan fingerprint density at radius 2 is 2.11 bits per heavy atom. The predicted octanol–water partition coefficient (Wildman–Crippen LogP) is 0.587. The topological polar surface area (TPSA) is 95.9 Å². The standard InChI is InChI=1S/C12H20N2O5/c1-4-19-9(15)8(2)13-11(18)14-7-5-6-12(14,3)10(16)17/h8H,4-7H2,1-3H3,(H,13,18)(H,16,17). The number of rotatable bonds is 4. The van der Waals surface area contributed by atoms with E-state index in [0.29, 0.717) is 19.4 Å². The Bertz CT molecular complexity index is 384. The average Bonchev–Trinajstić information content (AvgIpc) is 2.73. The highest BCUT2D eigenvalue weighted by Crippen LogP contribution is 2.29. The van der Waals surface area contributed by atoms with Gasteiger partial charge in [0.1, 0.15) is 11.6 Å². The van der Waals surface area contributed by atoms with Crippen molar-refractivity contribution in [3.8, 4) is 0 Å². The maximum absolute atomic E-state index is 12.0. The summed E-state index contributed by atoms with van der Waals surface area (Å²) in [5, 5.41) is 11.7. The summed E-state index contributed by atoms with van der Waals surface area (Å²) < 4.78 is 4.78. The van der Waals surface area contributed by atoms with Gasteiger partial charge in [-0.25, -0.2) is 14.4 Å². The molecule has 1 aliphatic heterocycles. The van der Waals surface area contributed by atoms with E-state index >= 15 is 0 Å². The van der Waals surface area contributed by atoms with Crippen LogP contribution in [0.1, 0.15) is 33.6 Å². The summed E-state index contributed by atoms with van der Waals surface area (Å²) in [6, 6.07) is -1.35. The summed E-state index contributed by atoms with van der Waals surface area (Å²) in [6.45, 7) is 5.29. The summed E-state index contributed by atoms with van der Waals surface area (Å²) in [7, 11) is 0. The Balaban J connectivity index is 2.68. The van der Waals surface area contributed by atoms with Gasteiger partial charge >= 0.3 is 18.0 Å². The van der Waals surface area contributed by atoms with Crippen LogP contribution in [0.3, 0.4) is 0 Å². The predicted molar refractivity (Wildman–Crippen MR) is 66.6 cm³/mol. The number of nitrogens with one attached hydrogen (secondary N) is 1. The number of hydrogen-bond acceptors (Lipinski definition) is 4. The first kappa shape index (κ1) is 15.3. The number of hydrogen-bond donors (Lipinski definition) is 2. The summed E-state index contributed by atoms with van der Waals surface area (Å²) in [6.07, 6.45) is 1.04. The van der Waals surface area contributed by atoms with Crippen LogP contribution >= 0.6 is 0 Å². The lowest BCUT2D eigenvalue weighted by Gasteiger charge is -2.31. The Kier molecular flexibility index (Phi) is 4.74. The molecule has 7 nitrogen and oxygen atoms in total. The van der Waals surface area contributed by atoms with E-state index in [0.717, 1.165) is 0 Å². The second-order valence-corrected chi connectivity index (χ2v) is 4.76. The molecule has 1 rings (SSSR count). The molecule has 2 unspecified atom stereocenters. The molecule has 1 saturated heterocycles. The summed E-state index contributed by atoms with van der Waals surface area (Å²) in [5.74, 6) is -1.57. The van der Waals surface area contributed by atoms with Crippen molar-refractivity contribution in [2.45, 2.75) is 45.2 Å². The summed E-state index contributed by atoms with van der Waals surface area (Å²) in [5.41, 5.74) is -1.21. The van der Waals surface area contributed by atoms with Crippen LogP contribution in [0, 0.1) is 0 Å². The zero-order valence-corrected chi connectivity index (χ0v) is 11.4. The van der Waals surface area contributed by atoms with E-state index in [1.807, 2.05) is 0 Å². The number of carbonyl (C=O) groups is 3. The third kappa shape index (κ3) is 3.15. The number of amides is 2. The van der Waals surface area contributed by atoms with Crippen molar-refractivity contribution in [3.63, 3.8) is 0 Å². The first-order chi connectivity index (χ1) is 8.82. The van der Waals surface area contributed by atoms with Crippen molar-refractivity contribution < 1.29 is 24.2 Å². The molecule has 0 aliphatic carbocycles. The van der Waals surface area contributed by atoms with Gasteiger partial charge in [-0.15, -0.1) is 0 Å². The van der Waals surface area contributed by atoms with Crippen molar-refractivity contribution in [2.75, 3.05) is 13.2 Å². The summed E-state index contributed by atoms with van der Waals surface area (Å²) >= 11 is 0. The normalized spacial score (nSPS) is 23.8. The van der Waals surface area contributed by atoms with Crippen LogP contribution < -0.4 is 5.32 Å². The van der Waals surface area contributed by atoms with Gasteiger partial charge in [-0.2, -0.15) is 0 Å². The number of carboxylic acids is 1. The number of esters is 1. The molecule has 0 aromatic rings. The molecule has 1 aliphatic rings. The number of aliphatic carboxylic acids is 1. The molecule has 0 aromatic carbocycles. The second kappa shape index (κ2) is 5.90. The molecule has 2 amide bonds. The van der Waals surface area contributed by atoms with E-state index in [-0.39, 0.29) is 6.61 Å². The van der Waals surface area contributed by atoms with E-state index in [2.05, 4.69) is 5.32 Å². The fraction of sp³-hybridized carbons (Fsp3) is 0.750. The monoisotopic (exact) mass is 272 g/mol. The lowest BCUT2D eigenvalue weighted by molar-refractivity contribution is -0.147. The van der Waals surface area contributed by atoms with Gasteiger partial charge in [0.05, 0.1) is 6.61 Å². The van der Waals surface area contributed by atoms with Crippen LogP contribution in [0.2, 0.25) is 0 Å². The van der Waals surface area contributed by atoms with E-state index < -0.39 is 29.6 Å². The molecule has 0 saturated carbocycles. The van der Waals surface area contributed by atoms with Gasteiger partial charge < -0.3 is 20.1 Å². The molecule has 2 atom stereocenters. The molecule has 0 spiro atoms. The van der Waals surface area contributed by atoms with E-state index in [4.69, 9.17) is 4.74 Å². The Labute approximate surface area is 111 Å². The number of likely N-dealkylation sites (tertiary alicyclic amines) is 1. The molecule has 0 radical (unpaired) electrons. The Hall–Kier alpha value is -1.79. The van der Waals surface area contributed by atoms with Crippen LogP contribution in [0.15, 0.2) is 0 Å². The maximum Gasteiger partial charge on any atom is 0.329 e. The van der Waals surface area contributed by atoms with Gasteiger partial charge in [-0.3, -0.25) is 0 Å². The fourth-order valence-electron chi connectivity index (χ4n) is 2.10. The first-order valence-corrected chi connectivity index (χ1v) is 6.31. The molecule has 108 valence electrons. The average molecular weight is 272 g/mol. The number of ether oxygens (including phenoxy) is 1. The third-order valence-electron chi connectivity index (χ3n) is 3.33. The molecule has 0 aromatic heterocycles. The van der Waals surface area contributed by atoms with Gasteiger partial charge in [0.2, 0.25) is 0 Å². The molecule has 1 heterocycles. The minimum Gasteiger partial charge on any atom is -0.480 e. The highest BCUT2D eigenvalue weighted by molar-refractivity contribution is 5.89. The van der Waals surface area contributed by atoms with Crippen LogP contribution in [-0.2, 0) is 14.3 Å². The largest absolute Gasteiger partial charge is 0.480 e. The van der Waals surface area contributed by atoms with Crippen molar-refractivity contribution >= 4 is 18.0 Å². The van der Waals surface area contributed by atoms with Crippen LogP contribution in [0.5, 0.6) is 0 Å². The zero-order valence-electron chi connectivity index (χ0n) is 11.4. The lowest BCUT2D eigenvalue weighted by atomic mass is 10.00. The van der Waals surface area contributed by atoms with Crippen molar-refractivity contribution in [3.05, 3.63) is 0 Å². The molecule has 1 fully saturated rings. The minimum absolute atomic E-state index is 0.232. The Morgan fingerprint density at radius 3 is 2.63 bits per heavy atom. The van der Waals surface area contributed by atoms with Crippen LogP contribution in [0.25, 0.3) is 0 Å². The molecule has 19 heavy (non-hydrogen) atoms. The molecule has 7 heteroatoms. The lowest BCUT2D eigenvalue weighted by Crippen LogP contribution is -2.56. The highest BCUT2D eigenvalue weighted by atomic mass is 16.5. The van der Waals surface area contributed by atoms with Crippen molar-refractivity contribution in [1.29, 1.82) is 0 Å². The van der Waals surface area contributed by atoms with Gasteiger partial charge in [-0.1, -0.05) is 0 Å². The number of carbonyl (C=O) groups excluding carboxylic acids is 2. The zero-order chi connectivity index (χ0) is 14.6. The molecule has 2 N–H and O–H groups in total. The van der Waals surface area contributed by atoms with Crippen molar-refractivity contribution in [1.82, 2.24) is 10.2 Å². The van der Waals surface area contributed by atoms with Crippen LogP contribution in [0.4, 0.5) is 4.79 Å². The molecular weight excluding hydrogens is 252 g/mol. The molecule has 0 bridgehead atoms. The third-order valence-corrected chi connectivity index (χ3v) is 3.33. The summed E-state index contributed by atoms with van der Waals surface area (Å²) in [4.78, 5) is 35.9. The van der Waals surface area contributed by atoms with Gasteiger partial charge in [0, 0.05) is 6.54 Å². The highest BCUT2D eigenvalue weighted by Gasteiger charge is 2.46. The SMILES string of the molecule is CCOC(=O)C(C)NC(=O)N1CCCC1(C)C(=O)O. The van der Waals surface area contributed by atoms with E-state index in [1.54, 1.807) is 6.92 Å². The van der Waals surface area contributed by atoms with E-state index in [1.165, 1.54) is 18.7 Å². The minimum atomic E-state index is -1.21. The van der Waals surface area contributed by atoms with E-state index in [9.17, 15) is 19.5 Å². The maximum atomic E-state index is 12.0. The molecular formula is C12H20N2O5. The second-order valence-electron chi connectivity index (χ2n) is 4.76. The van der Waals surface area contributed by atoms with Gasteiger partial charge in [0.15, 0.2) is 0 Å². The van der Waals surface area contributed by atoms with Crippen molar-refractivity contribution in [2.24, 2.45) is 0 Å². The first-order valence-electron chi connectivity index (χ1n) is 6.31. The smallest absolute Gasteiger partial charge is 0.329 e. The number of nitrogens with zero attached hydrogens (tertiary/aromatic N) is 1. The van der Waals surface area contributed by atoms with Crippen LogP contribution in [-0.4, -0.2) is 52.7 Å². The van der Waals surface area contributed by atoms with Gasteiger partial charge in [0.25, 0.3) is 0 Å². The number of urea groups is 1. The number of carboxylic acid groups (broad SMARTS) is 1. The Morgan fingerprint density at radius 1 is 1.47 bits per heavy atom. The fourth-order valence-corrected chi connectivity index (χ4v) is 2.10.